The average molecular weight is 463 g/mol. The van der Waals surface area contributed by atoms with Crippen LogP contribution in [0.3, 0.4) is 0 Å². The Morgan fingerprint density at radius 3 is 2.45 bits per heavy atom. The molecule has 7 nitrogen and oxygen atoms in total. The van der Waals surface area contributed by atoms with E-state index in [9.17, 15) is 9.59 Å². The molecule has 0 spiro atoms. The fraction of sp³-hybridized carbons (Fsp3) is 0.160. The van der Waals surface area contributed by atoms with E-state index < -0.39 is 17.3 Å². The molecule has 4 aromatic rings. The van der Waals surface area contributed by atoms with Gasteiger partial charge in [0, 0.05) is 23.6 Å². The summed E-state index contributed by atoms with van der Waals surface area (Å²) in [5, 5.41) is 4.93. The summed E-state index contributed by atoms with van der Waals surface area (Å²) in [5.41, 5.74) is 7.50. The van der Waals surface area contributed by atoms with Gasteiger partial charge >= 0.3 is 5.69 Å². The SMILES string of the molecule is COc1cccc(-n2nc(Cc3ccccc3Cl)c(=O)n(CC(N)c3ccccc3)c2=O)c1. The van der Waals surface area contributed by atoms with Crippen molar-refractivity contribution < 1.29 is 4.74 Å². The molecule has 8 heteroatoms. The van der Waals surface area contributed by atoms with Gasteiger partial charge in [-0.15, -0.1) is 0 Å². The van der Waals surface area contributed by atoms with Crippen molar-refractivity contribution in [3.63, 3.8) is 0 Å². The number of halogens is 1. The molecular formula is C25H23ClN4O3. The third kappa shape index (κ3) is 4.89. The van der Waals surface area contributed by atoms with Crippen molar-refractivity contribution in [1.29, 1.82) is 0 Å². The molecular weight excluding hydrogens is 440 g/mol. The Labute approximate surface area is 195 Å². The summed E-state index contributed by atoms with van der Waals surface area (Å²) in [6, 6.07) is 22.9. The van der Waals surface area contributed by atoms with Crippen LogP contribution in [0.2, 0.25) is 5.02 Å². The van der Waals surface area contributed by atoms with Crippen LogP contribution in [0.4, 0.5) is 0 Å². The minimum absolute atomic E-state index is 0.00366. The van der Waals surface area contributed by atoms with Gasteiger partial charge in [-0.25, -0.2) is 4.79 Å². The molecule has 3 aromatic carbocycles. The van der Waals surface area contributed by atoms with Crippen LogP contribution in [-0.2, 0) is 13.0 Å². The van der Waals surface area contributed by atoms with Gasteiger partial charge in [0.15, 0.2) is 0 Å². The zero-order chi connectivity index (χ0) is 23.4. The fourth-order valence-corrected chi connectivity index (χ4v) is 3.77. The van der Waals surface area contributed by atoms with Crippen LogP contribution in [0.5, 0.6) is 5.75 Å². The lowest BCUT2D eigenvalue weighted by molar-refractivity contribution is 0.414. The topological polar surface area (TPSA) is 92.1 Å². The second-order valence-corrected chi connectivity index (χ2v) is 7.95. The van der Waals surface area contributed by atoms with E-state index in [-0.39, 0.29) is 18.7 Å². The van der Waals surface area contributed by atoms with Crippen LogP contribution in [0.1, 0.15) is 22.9 Å². The van der Waals surface area contributed by atoms with Crippen molar-refractivity contribution in [3.8, 4) is 11.4 Å². The Bertz CT molecular complexity index is 1380. The van der Waals surface area contributed by atoms with Crippen molar-refractivity contribution >= 4 is 11.6 Å². The number of nitrogens with zero attached hydrogens (tertiary/aromatic N) is 3. The predicted molar refractivity (Wildman–Crippen MR) is 128 cm³/mol. The van der Waals surface area contributed by atoms with Gasteiger partial charge in [-0.05, 0) is 29.3 Å². The van der Waals surface area contributed by atoms with Crippen molar-refractivity contribution in [2.24, 2.45) is 5.73 Å². The van der Waals surface area contributed by atoms with E-state index in [0.29, 0.717) is 16.5 Å². The van der Waals surface area contributed by atoms with Crippen LogP contribution in [0.25, 0.3) is 5.69 Å². The number of benzene rings is 3. The molecule has 1 aromatic heterocycles. The van der Waals surface area contributed by atoms with E-state index >= 15 is 0 Å². The van der Waals surface area contributed by atoms with E-state index in [2.05, 4.69) is 5.10 Å². The normalized spacial score (nSPS) is 11.8. The molecule has 0 aliphatic carbocycles. The largest absolute Gasteiger partial charge is 0.497 e. The first-order chi connectivity index (χ1) is 16.0. The fourth-order valence-electron chi connectivity index (χ4n) is 3.57. The predicted octanol–water partition coefficient (Wildman–Crippen LogP) is 3.35. The van der Waals surface area contributed by atoms with Gasteiger partial charge in [-0.1, -0.05) is 66.2 Å². The van der Waals surface area contributed by atoms with E-state index in [0.717, 1.165) is 15.7 Å². The van der Waals surface area contributed by atoms with E-state index in [4.69, 9.17) is 22.1 Å². The zero-order valence-corrected chi connectivity index (χ0v) is 18.8. The summed E-state index contributed by atoms with van der Waals surface area (Å²) in [7, 11) is 1.54. The maximum atomic E-state index is 13.4. The molecule has 1 heterocycles. The lowest BCUT2D eigenvalue weighted by Gasteiger charge is -2.16. The summed E-state index contributed by atoms with van der Waals surface area (Å²) in [6.07, 6.45) is 0.170. The van der Waals surface area contributed by atoms with Crippen molar-refractivity contribution in [2.75, 3.05) is 7.11 Å². The number of nitrogens with two attached hydrogens (primary N) is 1. The summed E-state index contributed by atoms with van der Waals surface area (Å²) >= 11 is 6.32. The second-order valence-electron chi connectivity index (χ2n) is 7.54. The lowest BCUT2D eigenvalue weighted by Crippen LogP contribution is -2.44. The standard InChI is InChI=1S/C25H23ClN4O3/c1-33-20-12-7-11-19(15-20)30-25(32)29(16-22(27)17-8-3-2-4-9-17)24(31)23(28-30)14-18-10-5-6-13-21(18)26/h2-13,15,22H,14,16,27H2,1H3. The second kappa shape index (κ2) is 9.85. The average Bonchev–Trinajstić information content (AvgIpc) is 2.85. The van der Waals surface area contributed by atoms with Crippen molar-refractivity contribution in [1.82, 2.24) is 14.3 Å². The van der Waals surface area contributed by atoms with Gasteiger partial charge in [0.05, 0.1) is 19.3 Å². The lowest BCUT2D eigenvalue weighted by atomic mass is 10.1. The monoisotopic (exact) mass is 462 g/mol. The molecule has 1 unspecified atom stereocenters. The summed E-state index contributed by atoms with van der Waals surface area (Å²) in [4.78, 5) is 26.7. The smallest absolute Gasteiger partial charge is 0.352 e. The molecule has 1 atom stereocenters. The highest BCUT2D eigenvalue weighted by Crippen LogP contribution is 2.18. The van der Waals surface area contributed by atoms with E-state index in [1.807, 2.05) is 48.5 Å². The highest BCUT2D eigenvalue weighted by molar-refractivity contribution is 6.31. The number of methoxy groups -OCH3 is 1. The zero-order valence-electron chi connectivity index (χ0n) is 18.0. The molecule has 0 fully saturated rings. The van der Waals surface area contributed by atoms with Crippen molar-refractivity contribution in [2.45, 2.75) is 19.0 Å². The summed E-state index contributed by atoms with van der Waals surface area (Å²) < 4.78 is 7.62. The quantitative estimate of drug-likeness (QED) is 0.454. The molecule has 0 aliphatic rings. The maximum Gasteiger partial charge on any atom is 0.352 e. The van der Waals surface area contributed by atoms with E-state index in [1.165, 1.54) is 11.8 Å². The number of hydrogen-bond acceptors (Lipinski definition) is 5. The first-order valence-corrected chi connectivity index (χ1v) is 10.8. The third-order valence-corrected chi connectivity index (χ3v) is 5.71. The van der Waals surface area contributed by atoms with Gasteiger partial charge in [0.25, 0.3) is 5.56 Å². The van der Waals surface area contributed by atoms with Crippen LogP contribution in [0.15, 0.2) is 88.5 Å². The van der Waals surface area contributed by atoms with Gasteiger partial charge in [0.2, 0.25) is 0 Å². The molecule has 0 aliphatic heterocycles. The first kappa shape index (κ1) is 22.5. The molecule has 0 radical (unpaired) electrons. The molecule has 0 saturated carbocycles. The molecule has 2 N–H and O–H groups in total. The highest BCUT2D eigenvalue weighted by Gasteiger charge is 2.18. The highest BCUT2D eigenvalue weighted by atomic mass is 35.5. The minimum Gasteiger partial charge on any atom is -0.497 e. The van der Waals surface area contributed by atoms with Crippen LogP contribution in [-0.4, -0.2) is 21.5 Å². The Kier molecular flexibility index (Phi) is 6.72. The Morgan fingerprint density at radius 2 is 1.73 bits per heavy atom. The van der Waals surface area contributed by atoms with Gasteiger partial charge in [0.1, 0.15) is 11.4 Å². The summed E-state index contributed by atoms with van der Waals surface area (Å²) in [6.45, 7) is 0.00366. The first-order valence-electron chi connectivity index (χ1n) is 10.4. The number of rotatable bonds is 7. The number of hydrogen-bond donors (Lipinski definition) is 1. The van der Waals surface area contributed by atoms with Crippen LogP contribution in [0, 0.1) is 0 Å². The Hall–Kier alpha value is -3.68. The van der Waals surface area contributed by atoms with Crippen LogP contribution >= 0.6 is 11.6 Å². The maximum absolute atomic E-state index is 13.4. The summed E-state index contributed by atoms with van der Waals surface area (Å²) in [5.74, 6) is 0.563. The van der Waals surface area contributed by atoms with Crippen LogP contribution < -0.4 is 21.7 Å². The molecule has 0 saturated heterocycles. The third-order valence-electron chi connectivity index (χ3n) is 5.35. The van der Waals surface area contributed by atoms with E-state index in [1.54, 1.807) is 30.3 Å². The molecule has 0 bridgehead atoms. The molecule has 168 valence electrons. The minimum atomic E-state index is -0.581. The molecule has 33 heavy (non-hydrogen) atoms. The molecule has 0 amide bonds. The van der Waals surface area contributed by atoms with Gasteiger partial charge in [-0.2, -0.15) is 9.78 Å². The van der Waals surface area contributed by atoms with Gasteiger partial charge < -0.3 is 10.5 Å². The van der Waals surface area contributed by atoms with Gasteiger partial charge in [-0.3, -0.25) is 9.36 Å². The molecule has 4 rings (SSSR count). The van der Waals surface area contributed by atoms with Crippen molar-refractivity contribution in [3.05, 3.63) is 122 Å². The Balaban J connectivity index is 1.86. The number of aromatic nitrogens is 3. The number of ether oxygens (including phenoxy) is 1. The Morgan fingerprint density at radius 1 is 1.00 bits per heavy atom.